The van der Waals surface area contributed by atoms with Crippen LogP contribution in [-0.4, -0.2) is 6.67 Å². The summed E-state index contributed by atoms with van der Waals surface area (Å²) in [6, 6.07) is 0. The Hall–Kier alpha value is -0.0700. The minimum Gasteiger partial charge on any atom is -0.251 e. The summed E-state index contributed by atoms with van der Waals surface area (Å²) in [5.41, 5.74) is 0. The molecule has 0 aromatic heterocycles. The Bertz CT molecular complexity index is 164. The predicted octanol–water partition coefficient (Wildman–Crippen LogP) is 5.76. The van der Waals surface area contributed by atoms with Crippen molar-refractivity contribution in [3.05, 3.63) is 0 Å². The maximum absolute atomic E-state index is 12.2. The molecule has 0 N–H and O–H groups in total. The van der Waals surface area contributed by atoms with Crippen molar-refractivity contribution < 1.29 is 4.39 Å². The number of halogens is 1. The number of alkyl halides is 1. The molecule has 1 fully saturated rings. The third-order valence-corrected chi connectivity index (χ3v) is 4.62. The molecule has 0 heterocycles. The van der Waals surface area contributed by atoms with E-state index in [1.54, 1.807) is 0 Å². The van der Waals surface area contributed by atoms with Crippen LogP contribution in [-0.2, 0) is 0 Å². The first-order valence-corrected chi connectivity index (χ1v) is 7.87. The molecule has 1 rings (SSSR count). The molecule has 0 spiro atoms. The lowest BCUT2D eigenvalue weighted by Crippen LogP contribution is -2.22. The van der Waals surface area contributed by atoms with E-state index in [2.05, 4.69) is 13.8 Å². The quantitative estimate of drug-likeness (QED) is 0.507. The predicted molar refractivity (Wildman–Crippen MR) is 74.0 cm³/mol. The first kappa shape index (κ1) is 15.0. The highest BCUT2D eigenvalue weighted by atomic mass is 19.1. The standard InChI is InChI=1S/C16H31F/c1-3-6-15(7-4-2)16-11-9-14(10-12-16)8-5-13-17/h14-16H,3-13H2,1-2H3. The molecule has 0 aliphatic heterocycles. The van der Waals surface area contributed by atoms with Crippen LogP contribution in [0.15, 0.2) is 0 Å². The van der Waals surface area contributed by atoms with Crippen LogP contribution >= 0.6 is 0 Å². The van der Waals surface area contributed by atoms with Gasteiger partial charge in [0.1, 0.15) is 0 Å². The van der Waals surface area contributed by atoms with Gasteiger partial charge in [-0.05, 0) is 43.4 Å². The maximum atomic E-state index is 12.2. The van der Waals surface area contributed by atoms with Gasteiger partial charge in [0, 0.05) is 0 Å². The molecule has 0 bridgehead atoms. The van der Waals surface area contributed by atoms with Gasteiger partial charge in [-0.25, -0.2) is 0 Å². The van der Waals surface area contributed by atoms with E-state index in [0.717, 1.165) is 30.6 Å². The second-order valence-electron chi connectivity index (χ2n) is 5.95. The normalized spacial score (nSPS) is 25.4. The zero-order valence-corrected chi connectivity index (χ0v) is 11.9. The van der Waals surface area contributed by atoms with E-state index in [9.17, 15) is 4.39 Å². The molecule has 0 radical (unpaired) electrons. The fraction of sp³-hybridized carbons (Fsp3) is 1.00. The Morgan fingerprint density at radius 3 is 2.06 bits per heavy atom. The maximum Gasteiger partial charge on any atom is 0.0894 e. The zero-order chi connectivity index (χ0) is 12.5. The number of rotatable bonds is 8. The van der Waals surface area contributed by atoms with Crippen LogP contribution < -0.4 is 0 Å². The van der Waals surface area contributed by atoms with Crippen molar-refractivity contribution in [2.45, 2.75) is 78.1 Å². The Morgan fingerprint density at radius 1 is 1.00 bits per heavy atom. The van der Waals surface area contributed by atoms with Crippen LogP contribution in [0.5, 0.6) is 0 Å². The molecule has 1 aliphatic rings. The highest BCUT2D eigenvalue weighted by molar-refractivity contribution is 4.77. The molecule has 0 saturated heterocycles. The van der Waals surface area contributed by atoms with Crippen molar-refractivity contribution in [1.29, 1.82) is 0 Å². The van der Waals surface area contributed by atoms with Crippen molar-refractivity contribution in [2.24, 2.45) is 17.8 Å². The molecule has 0 aromatic rings. The highest BCUT2D eigenvalue weighted by Gasteiger charge is 2.26. The van der Waals surface area contributed by atoms with Crippen molar-refractivity contribution in [3.63, 3.8) is 0 Å². The molecule has 0 aromatic carbocycles. The van der Waals surface area contributed by atoms with Crippen LogP contribution in [0.1, 0.15) is 78.1 Å². The molecular formula is C16H31F. The summed E-state index contributed by atoms with van der Waals surface area (Å²) < 4.78 is 12.2. The summed E-state index contributed by atoms with van der Waals surface area (Å²) in [6.45, 7) is 4.51. The Labute approximate surface area is 107 Å². The number of hydrogen-bond donors (Lipinski definition) is 0. The fourth-order valence-corrected chi connectivity index (χ4v) is 3.67. The second-order valence-corrected chi connectivity index (χ2v) is 5.95. The van der Waals surface area contributed by atoms with E-state index >= 15 is 0 Å². The molecule has 0 unspecified atom stereocenters. The van der Waals surface area contributed by atoms with Crippen LogP contribution in [0.3, 0.4) is 0 Å². The lowest BCUT2D eigenvalue weighted by molar-refractivity contribution is 0.177. The third-order valence-electron chi connectivity index (χ3n) is 4.62. The topological polar surface area (TPSA) is 0 Å². The van der Waals surface area contributed by atoms with E-state index in [1.165, 1.54) is 51.4 Å². The molecule has 102 valence electrons. The van der Waals surface area contributed by atoms with Gasteiger partial charge in [-0.3, -0.25) is 4.39 Å². The monoisotopic (exact) mass is 242 g/mol. The first-order valence-electron chi connectivity index (χ1n) is 7.87. The summed E-state index contributed by atoms with van der Waals surface area (Å²) in [7, 11) is 0. The summed E-state index contributed by atoms with van der Waals surface area (Å²) in [5.74, 6) is 2.80. The van der Waals surface area contributed by atoms with Gasteiger partial charge in [-0.1, -0.05) is 52.4 Å². The van der Waals surface area contributed by atoms with Crippen LogP contribution in [0.25, 0.3) is 0 Å². The summed E-state index contributed by atoms with van der Waals surface area (Å²) in [5, 5.41) is 0. The lowest BCUT2D eigenvalue weighted by atomic mass is 9.72. The largest absolute Gasteiger partial charge is 0.251 e. The van der Waals surface area contributed by atoms with Gasteiger partial charge in [-0.15, -0.1) is 0 Å². The molecule has 1 saturated carbocycles. The molecule has 1 aliphatic carbocycles. The van der Waals surface area contributed by atoms with E-state index in [4.69, 9.17) is 0 Å². The molecule has 0 atom stereocenters. The third kappa shape index (κ3) is 5.40. The molecular weight excluding hydrogens is 211 g/mol. The smallest absolute Gasteiger partial charge is 0.0894 e. The summed E-state index contributed by atoms with van der Waals surface area (Å²) in [4.78, 5) is 0. The van der Waals surface area contributed by atoms with E-state index in [-0.39, 0.29) is 6.67 Å². The molecule has 17 heavy (non-hydrogen) atoms. The summed E-state index contributed by atoms with van der Waals surface area (Å²) in [6.07, 6.45) is 13.0. The average Bonchev–Trinajstić information content (AvgIpc) is 2.37. The minimum absolute atomic E-state index is 0.117. The summed E-state index contributed by atoms with van der Waals surface area (Å²) >= 11 is 0. The van der Waals surface area contributed by atoms with E-state index in [0.29, 0.717) is 0 Å². The van der Waals surface area contributed by atoms with Gasteiger partial charge in [-0.2, -0.15) is 0 Å². The van der Waals surface area contributed by atoms with Gasteiger partial charge >= 0.3 is 0 Å². The number of hydrogen-bond acceptors (Lipinski definition) is 0. The lowest BCUT2D eigenvalue weighted by Gasteiger charge is -2.34. The zero-order valence-electron chi connectivity index (χ0n) is 11.9. The van der Waals surface area contributed by atoms with Crippen LogP contribution in [0, 0.1) is 17.8 Å². The van der Waals surface area contributed by atoms with Crippen molar-refractivity contribution in [1.82, 2.24) is 0 Å². The first-order chi connectivity index (χ1) is 8.31. The van der Waals surface area contributed by atoms with E-state index < -0.39 is 0 Å². The van der Waals surface area contributed by atoms with Gasteiger partial charge < -0.3 is 0 Å². The average molecular weight is 242 g/mol. The van der Waals surface area contributed by atoms with E-state index in [1.807, 2.05) is 0 Å². The van der Waals surface area contributed by atoms with Gasteiger partial charge in [0.25, 0.3) is 0 Å². The Morgan fingerprint density at radius 2 is 1.59 bits per heavy atom. The van der Waals surface area contributed by atoms with Gasteiger partial charge in [0.2, 0.25) is 0 Å². The van der Waals surface area contributed by atoms with Gasteiger partial charge in [0.15, 0.2) is 0 Å². The minimum atomic E-state index is -0.117. The van der Waals surface area contributed by atoms with Crippen molar-refractivity contribution in [2.75, 3.05) is 6.67 Å². The molecule has 0 nitrogen and oxygen atoms in total. The molecule has 1 heteroatoms. The SMILES string of the molecule is CCCC(CCC)C1CCC(CCCF)CC1. The molecule has 0 amide bonds. The van der Waals surface area contributed by atoms with Crippen LogP contribution in [0.2, 0.25) is 0 Å². The van der Waals surface area contributed by atoms with Gasteiger partial charge in [0.05, 0.1) is 6.67 Å². The Balaban J connectivity index is 2.27. The highest BCUT2D eigenvalue weighted by Crippen LogP contribution is 2.38. The Kier molecular flexibility index (Phi) is 7.88. The fourth-order valence-electron chi connectivity index (χ4n) is 3.67. The van der Waals surface area contributed by atoms with Crippen LogP contribution in [0.4, 0.5) is 4.39 Å². The van der Waals surface area contributed by atoms with Crippen molar-refractivity contribution in [3.8, 4) is 0 Å². The van der Waals surface area contributed by atoms with Crippen molar-refractivity contribution >= 4 is 0 Å². The second kappa shape index (κ2) is 8.94.